The minimum atomic E-state index is -3.69. The summed E-state index contributed by atoms with van der Waals surface area (Å²) >= 11 is 2.95. The summed E-state index contributed by atoms with van der Waals surface area (Å²) in [6.07, 6.45) is 0.592. The van der Waals surface area contributed by atoms with Gasteiger partial charge in [0.15, 0.2) is 11.0 Å². The molecule has 0 aliphatic carbocycles. The first-order valence-electron chi connectivity index (χ1n) is 8.87. The van der Waals surface area contributed by atoms with Crippen LogP contribution in [0, 0.1) is 0 Å². The van der Waals surface area contributed by atoms with Crippen molar-refractivity contribution in [2.75, 3.05) is 12.3 Å². The highest BCUT2D eigenvalue weighted by molar-refractivity contribution is 7.99. The van der Waals surface area contributed by atoms with E-state index in [4.69, 9.17) is 5.14 Å². The van der Waals surface area contributed by atoms with E-state index in [9.17, 15) is 13.2 Å². The second-order valence-electron chi connectivity index (χ2n) is 6.11. The molecule has 3 aromatic rings. The molecule has 0 unspecified atom stereocenters. The lowest BCUT2D eigenvalue weighted by atomic mass is 10.1. The lowest BCUT2D eigenvalue weighted by molar-refractivity contribution is -0.118. The maximum atomic E-state index is 12.1. The summed E-state index contributed by atoms with van der Waals surface area (Å²) in [7, 11) is -3.69. The summed E-state index contributed by atoms with van der Waals surface area (Å²) in [5.41, 5.74) is 0.914. The van der Waals surface area contributed by atoms with E-state index in [-0.39, 0.29) is 16.6 Å². The Kier molecular flexibility index (Phi) is 7.06. The van der Waals surface area contributed by atoms with E-state index >= 15 is 0 Å². The van der Waals surface area contributed by atoms with E-state index in [0.29, 0.717) is 18.1 Å². The van der Waals surface area contributed by atoms with E-state index < -0.39 is 10.0 Å². The van der Waals surface area contributed by atoms with Crippen LogP contribution in [0.4, 0.5) is 0 Å². The van der Waals surface area contributed by atoms with Crippen molar-refractivity contribution in [1.29, 1.82) is 0 Å². The van der Waals surface area contributed by atoms with Crippen LogP contribution in [0.1, 0.15) is 12.5 Å². The molecular weight excluding hydrogens is 430 g/mol. The summed E-state index contributed by atoms with van der Waals surface area (Å²) in [5, 5.41) is 19.1. The second kappa shape index (κ2) is 9.53. The SMILES string of the molecule is CCn1c(SCC(=O)NCCc2ccc(S(N)(=O)=O)cc2)nnc1-c1cccs1. The maximum Gasteiger partial charge on any atom is 0.238 e. The lowest BCUT2D eigenvalue weighted by Crippen LogP contribution is -2.27. The number of benzene rings is 1. The number of hydrogen-bond donors (Lipinski definition) is 2. The Bertz CT molecular complexity index is 1060. The Morgan fingerprint density at radius 2 is 2.00 bits per heavy atom. The van der Waals surface area contributed by atoms with Gasteiger partial charge in [0.05, 0.1) is 15.5 Å². The molecule has 3 rings (SSSR count). The number of primary sulfonamides is 1. The molecule has 1 amide bonds. The van der Waals surface area contributed by atoms with E-state index in [0.717, 1.165) is 22.8 Å². The number of aromatic nitrogens is 3. The van der Waals surface area contributed by atoms with Gasteiger partial charge >= 0.3 is 0 Å². The number of amides is 1. The van der Waals surface area contributed by atoms with Crippen LogP contribution < -0.4 is 10.5 Å². The molecule has 0 spiro atoms. The van der Waals surface area contributed by atoms with Gasteiger partial charge in [-0.05, 0) is 42.5 Å². The molecule has 0 atom stereocenters. The molecule has 8 nitrogen and oxygen atoms in total. The van der Waals surface area contributed by atoms with Gasteiger partial charge in [-0.3, -0.25) is 4.79 Å². The van der Waals surface area contributed by atoms with Crippen molar-refractivity contribution in [2.45, 2.75) is 29.9 Å². The highest BCUT2D eigenvalue weighted by atomic mass is 32.2. The topological polar surface area (TPSA) is 120 Å². The molecule has 2 aromatic heterocycles. The largest absolute Gasteiger partial charge is 0.355 e. The molecule has 0 aliphatic rings. The van der Waals surface area contributed by atoms with Gasteiger partial charge in [-0.25, -0.2) is 13.6 Å². The molecule has 0 fully saturated rings. The Hall–Kier alpha value is -2.21. The fourth-order valence-electron chi connectivity index (χ4n) is 2.64. The number of sulfonamides is 1. The van der Waals surface area contributed by atoms with Crippen molar-refractivity contribution in [3.8, 4) is 10.7 Å². The third-order valence-electron chi connectivity index (χ3n) is 4.09. The second-order valence-corrected chi connectivity index (χ2v) is 9.56. The molecule has 0 bridgehead atoms. The molecule has 11 heteroatoms. The highest BCUT2D eigenvalue weighted by Gasteiger charge is 2.15. The van der Waals surface area contributed by atoms with Crippen molar-refractivity contribution in [3.63, 3.8) is 0 Å². The van der Waals surface area contributed by atoms with E-state index in [2.05, 4.69) is 15.5 Å². The van der Waals surface area contributed by atoms with Crippen LogP contribution in [-0.4, -0.2) is 41.4 Å². The lowest BCUT2D eigenvalue weighted by Gasteiger charge is -2.07. The van der Waals surface area contributed by atoms with Gasteiger partial charge in [0, 0.05) is 13.1 Å². The van der Waals surface area contributed by atoms with Crippen LogP contribution in [0.15, 0.2) is 51.8 Å². The molecule has 154 valence electrons. The van der Waals surface area contributed by atoms with Crippen LogP contribution >= 0.6 is 23.1 Å². The molecule has 2 heterocycles. The average molecular weight is 452 g/mol. The molecule has 0 saturated carbocycles. The predicted molar refractivity (Wildman–Crippen MR) is 114 cm³/mol. The fourth-order valence-corrected chi connectivity index (χ4v) is 4.71. The smallest absolute Gasteiger partial charge is 0.238 e. The summed E-state index contributed by atoms with van der Waals surface area (Å²) < 4.78 is 24.5. The van der Waals surface area contributed by atoms with Gasteiger partial charge in [0.1, 0.15) is 0 Å². The monoisotopic (exact) mass is 451 g/mol. The van der Waals surface area contributed by atoms with E-state index in [1.807, 2.05) is 29.0 Å². The standard InChI is InChI=1S/C18H21N5O3S3/c1-2-23-17(15-4-3-11-27-15)21-22-18(23)28-12-16(24)20-10-9-13-5-7-14(8-6-13)29(19,25)26/h3-8,11H,2,9-10,12H2,1H3,(H,20,24)(H2,19,25,26). The number of carbonyl (C=O) groups excluding carboxylic acids is 1. The highest BCUT2D eigenvalue weighted by Crippen LogP contribution is 2.26. The average Bonchev–Trinajstić information content (AvgIpc) is 3.35. The molecular formula is C18H21N5O3S3. The summed E-state index contributed by atoms with van der Waals surface area (Å²) in [5.74, 6) is 0.959. The van der Waals surface area contributed by atoms with Gasteiger partial charge in [-0.15, -0.1) is 21.5 Å². The summed E-state index contributed by atoms with van der Waals surface area (Å²) in [6.45, 7) is 3.19. The normalized spacial score (nSPS) is 11.5. The van der Waals surface area contributed by atoms with Gasteiger partial charge in [-0.2, -0.15) is 0 Å². The minimum absolute atomic E-state index is 0.0728. The number of nitrogens with two attached hydrogens (primary N) is 1. The summed E-state index contributed by atoms with van der Waals surface area (Å²) in [6, 6.07) is 10.3. The van der Waals surface area contributed by atoms with Crippen LogP contribution in [0.25, 0.3) is 10.7 Å². The quantitative estimate of drug-likeness (QED) is 0.481. The first-order valence-corrected chi connectivity index (χ1v) is 12.3. The van der Waals surface area contributed by atoms with Crippen LogP contribution in [0.3, 0.4) is 0 Å². The van der Waals surface area contributed by atoms with Gasteiger partial charge in [0.25, 0.3) is 0 Å². The first-order chi connectivity index (χ1) is 13.9. The number of carbonyl (C=O) groups is 1. The number of nitrogens with zero attached hydrogens (tertiary/aromatic N) is 3. The maximum absolute atomic E-state index is 12.1. The summed E-state index contributed by atoms with van der Waals surface area (Å²) in [4.78, 5) is 13.3. The zero-order valence-corrected chi connectivity index (χ0v) is 18.2. The number of nitrogens with one attached hydrogen (secondary N) is 1. The fraction of sp³-hybridized carbons (Fsp3) is 0.278. The Balaban J connectivity index is 1.48. The molecule has 29 heavy (non-hydrogen) atoms. The number of thioether (sulfide) groups is 1. The van der Waals surface area contributed by atoms with Crippen molar-refractivity contribution < 1.29 is 13.2 Å². The molecule has 0 radical (unpaired) electrons. The van der Waals surface area contributed by atoms with Crippen molar-refractivity contribution in [2.24, 2.45) is 5.14 Å². The zero-order chi connectivity index (χ0) is 20.9. The van der Waals surface area contributed by atoms with Crippen LogP contribution in [0.2, 0.25) is 0 Å². The van der Waals surface area contributed by atoms with Gasteiger partial charge in [0.2, 0.25) is 15.9 Å². The van der Waals surface area contributed by atoms with Crippen LogP contribution in [0.5, 0.6) is 0 Å². The predicted octanol–water partition coefficient (Wildman–Crippen LogP) is 2.12. The molecule has 1 aromatic carbocycles. The number of hydrogen-bond acceptors (Lipinski definition) is 7. The van der Waals surface area contributed by atoms with Gasteiger partial charge < -0.3 is 9.88 Å². The third kappa shape index (κ3) is 5.66. The zero-order valence-electron chi connectivity index (χ0n) is 15.7. The Morgan fingerprint density at radius 3 is 2.62 bits per heavy atom. The first kappa shape index (κ1) is 21.5. The number of rotatable bonds is 9. The van der Waals surface area contributed by atoms with Crippen LogP contribution in [-0.2, 0) is 27.8 Å². The van der Waals surface area contributed by atoms with Crippen molar-refractivity contribution in [1.82, 2.24) is 20.1 Å². The van der Waals surface area contributed by atoms with Crippen molar-refractivity contribution in [3.05, 3.63) is 47.3 Å². The number of thiophene rings is 1. The third-order valence-corrected chi connectivity index (χ3v) is 6.86. The molecule has 3 N–H and O–H groups in total. The Labute approximate surface area is 177 Å². The van der Waals surface area contributed by atoms with E-state index in [1.54, 1.807) is 23.5 Å². The van der Waals surface area contributed by atoms with E-state index in [1.165, 1.54) is 23.9 Å². The van der Waals surface area contributed by atoms with Gasteiger partial charge in [-0.1, -0.05) is 30.0 Å². The van der Waals surface area contributed by atoms with Crippen molar-refractivity contribution >= 4 is 39.0 Å². The molecule has 0 saturated heterocycles. The minimum Gasteiger partial charge on any atom is -0.355 e. The molecule has 0 aliphatic heterocycles. The Morgan fingerprint density at radius 1 is 1.24 bits per heavy atom.